The SMILES string of the molecule is COC(=O)C1C2CCC(C2)C1NC(=O)C=Cc1cncc(F)c1. The first-order valence-electron chi connectivity index (χ1n) is 7.75. The first kappa shape index (κ1) is 15.6. The molecule has 23 heavy (non-hydrogen) atoms. The minimum absolute atomic E-state index is 0.177. The summed E-state index contributed by atoms with van der Waals surface area (Å²) in [5.41, 5.74) is 0.512. The molecule has 4 unspecified atom stereocenters. The predicted molar refractivity (Wildman–Crippen MR) is 81.5 cm³/mol. The van der Waals surface area contributed by atoms with Gasteiger partial charge in [0.2, 0.25) is 5.91 Å². The summed E-state index contributed by atoms with van der Waals surface area (Å²) in [6, 6.07) is 1.12. The molecule has 4 atom stereocenters. The molecule has 2 aliphatic carbocycles. The maximum absolute atomic E-state index is 13.1. The Morgan fingerprint density at radius 3 is 2.87 bits per heavy atom. The van der Waals surface area contributed by atoms with Gasteiger partial charge >= 0.3 is 5.97 Å². The Bertz CT molecular complexity index is 646. The highest BCUT2D eigenvalue weighted by atomic mass is 19.1. The summed E-state index contributed by atoms with van der Waals surface area (Å²) < 4.78 is 17.9. The van der Waals surface area contributed by atoms with Crippen molar-refractivity contribution in [2.75, 3.05) is 7.11 Å². The molecule has 1 amide bonds. The van der Waals surface area contributed by atoms with E-state index in [9.17, 15) is 14.0 Å². The van der Waals surface area contributed by atoms with Gasteiger partial charge in [-0.1, -0.05) is 0 Å². The van der Waals surface area contributed by atoms with E-state index in [1.54, 1.807) is 0 Å². The van der Waals surface area contributed by atoms with Crippen LogP contribution in [-0.4, -0.2) is 30.0 Å². The first-order chi connectivity index (χ1) is 11.1. The number of nitrogens with zero attached hydrogens (tertiary/aromatic N) is 1. The van der Waals surface area contributed by atoms with Crippen molar-refractivity contribution in [2.45, 2.75) is 25.3 Å². The molecule has 0 saturated heterocycles. The maximum atomic E-state index is 13.1. The number of carbonyl (C=O) groups excluding carboxylic acids is 2. The van der Waals surface area contributed by atoms with E-state index in [2.05, 4.69) is 10.3 Å². The van der Waals surface area contributed by atoms with Gasteiger partial charge in [-0.15, -0.1) is 0 Å². The fraction of sp³-hybridized carbons (Fsp3) is 0.471. The lowest BCUT2D eigenvalue weighted by atomic mass is 9.84. The van der Waals surface area contributed by atoms with Gasteiger partial charge in [0.15, 0.2) is 0 Å². The summed E-state index contributed by atoms with van der Waals surface area (Å²) >= 11 is 0. The number of amides is 1. The van der Waals surface area contributed by atoms with E-state index in [1.165, 1.54) is 31.5 Å². The highest BCUT2D eigenvalue weighted by molar-refractivity contribution is 5.92. The highest BCUT2D eigenvalue weighted by Crippen LogP contribution is 2.48. The third-order valence-corrected chi connectivity index (χ3v) is 4.85. The second-order valence-electron chi connectivity index (χ2n) is 6.19. The topological polar surface area (TPSA) is 68.3 Å². The van der Waals surface area contributed by atoms with Crippen LogP contribution in [0.15, 0.2) is 24.5 Å². The molecule has 6 heteroatoms. The van der Waals surface area contributed by atoms with Crippen LogP contribution < -0.4 is 5.32 Å². The summed E-state index contributed by atoms with van der Waals surface area (Å²) in [5, 5.41) is 2.92. The van der Waals surface area contributed by atoms with E-state index in [4.69, 9.17) is 4.74 Å². The minimum atomic E-state index is -0.452. The number of aromatic nitrogens is 1. The number of pyridine rings is 1. The van der Waals surface area contributed by atoms with Crippen molar-refractivity contribution in [3.8, 4) is 0 Å². The lowest BCUT2D eigenvalue weighted by Gasteiger charge is -2.29. The van der Waals surface area contributed by atoms with Crippen LogP contribution in [0.2, 0.25) is 0 Å². The second kappa shape index (κ2) is 6.48. The lowest BCUT2D eigenvalue weighted by molar-refractivity contribution is -0.148. The van der Waals surface area contributed by atoms with E-state index < -0.39 is 5.82 Å². The normalized spacial score (nSPS) is 29.0. The quantitative estimate of drug-likeness (QED) is 0.680. The molecule has 0 aromatic carbocycles. The summed E-state index contributed by atoms with van der Waals surface area (Å²) in [7, 11) is 1.38. The van der Waals surface area contributed by atoms with Gasteiger partial charge in [0, 0.05) is 18.3 Å². The Balaban J connectivity index is 1.66. The van der Waals surface area contributed by atoms with Gasteiger partial charge in [0.25, 0.3) is 0 Å². The molecule has 3 rings (SSSR count). The molecule has 1 aromatic heterocycles. The average Bonchev–Trinajstić information content (AvgIpc) is 3.13. The third kappa shape index (κ3) is 3.25. The van der Waals surface area contributed by atoms with Gasteiger partial charge in [-0.2, -0.15) is 0 Å². The van der Waals surface area contributed by atoms with E-state index in [-0.39, 0.29) is 23.8 Å². The van der Waals surface area contributed by atoms with Crippen molar-refractivity contribution < 1.29 is 18.7 Å². The van der Waals surface area contributed by atoms with Crippen molar-refractivity contribution in [3.05, 3.63) is 35.9 Å². The number of halogens is 1. The van der Waals surface area contributed by atoms with Crippen LogP contribution in [0.4, 0.5) is 4.39 Å². The smallest absolute Gasteiger partial charge is 0.311 e. The Hall–Kier alpha value is -2.24. The zero-order valence-electron chi connectivity index (χ0n) is 12.9. The van der Waals surface area contributed by atoms with E-state index >= 15 is 0 Å². The number of carbonyl (C=O) groups is 2. The molecule has 122 valence electrons. The van der Waals surface area contributed by atoms with Crippen LogP contribution >= 0.6 is 0 Å². The Morgan fingerprint density at radius 2 is 2.13 bits per heavy atom. The predicted octanol–water partition coefficient (Wildman–Crippen LogP) is 1.94. The van der Waals surface area contributed by atoms with Crippen LogP contribution in [0.5, 0.6) is 0 Å². The van der Waals surface area contributed by atoms with Crippen LogP contribution in [-0.2, 0) is 14.3 Å². The van der Waals surface area contributed by atoms with Gasteiger partial charge in [-0.25, -0.2) is 4.39 Å². The lowest BCUT2D eigenvalue weighted by Crippen LogP contribution is -2.46. The fourth-order valence-corrected chi connectivity index (χ4v) is 3.88. The monoisotopic (exact) mass is 318 g/mol. The number of nitrogens with one attached hydrogen (secondary N) is 1. The summed E-state index contributed by atoms with van der Waals surface area (Å²) in [6.45, 7) is 0. The van der Waals surface area contributed by atoms with E-state index in [1.807, 2.05) is 0 Å². The number of methoxy groups -OCH3 is 1. The summed E-state index contributed by atoms with van der Waals surface area (Å²) in [6.07, 6.45) is 8.43. The average molecular weight is 318 g/mol. The highest BCUT2D eigenvalue weighted by Gasteiger charge is 2.51. The second-order valence-corrected chi connectivity index (χ2v) is 6.19. The molecule has 0 spiro atoms. The molecule has 1 N–H and O–H groups in total. The molecule has 2 bridgehead atoms. The Morgan fingerprint density at radius 1 is 1.35 bits per heavy atom. The number of hydrogen-bond donors (Lipinski definition) is 1. The molecule has 5 nitrogen and oxygen atoms in total. The Labute approximate surface area is 133 Å². The number of hydrogen-bond acceptors (Lipinski definition) is 4. The van der Waals surface area contributed by atoms with E-state index in [0.29, 0.717) is 17.4 Å². The standard InChI is InChI=1S/C17H19FN2O3/c1-23-17(22)15-11-3-4-12(7-11)16(15)20-14(21)5-2-10-6-13(18)9-19-8-10/h2,5-6,8-9,11-12,15-16H,3-4,7H2,1H3,(H,20,21). The van der Waals surface area contributed by atoms with Crippen LogP contribution in [0.3, 0.4) is 0 Å². The molecule has 1 heterocycles. The van der Waals surface area contributed by atoms with Crippen molar-refractivity contribution in [1.82, 2.24) is 10.3 Å². The molecule has 0 radical (unpaired) electrons. The molecule has 1 aromatic rings. The van der Waals surface area contributed by atoms with Crippen LogP contribution in [0.25, 0.3) is 6.08 Å². The van der Waals surface area contributed by atoms with Gasteiger partial charge in [-0.3, -0.25) is 14.6 Å². The molecule has 0 aliphatic heterocycles. The maximum Gasteiger partial charge on any atom is 0.311 e. The Kier molecular flexibility index (Phi) is 4.41. The van der Waals surface area contributed by atoms with E-state index in [0.717, 1.165) is 25.5 Å². The molecule has 2 fully saturated rings. The molecule has 2 aliphatic rings. The van der Waals surface area contributed by atoms with Gasteiger partial charge < -0.3 is 10.1 Å². The van der Waals surface area contributed by atoms with Gasteiger partial charge in [0.05, 0.1) is 19.2 Å². The van der Waals surface area contributed by atoms with Crippen molar-refractivity contribution >= 4 is 18.0 Å². The van der Waals surface area contributed by atoms with Crippen molar-refractivity contribution in [3.63, 3.8) is 0 Å². The molecular formula is C17H19FN2O3. The zero-order valence-corrected chi connectivity index (χ0v) is 12.9. The number of ether oxygens (including phenoxy) is 1. The van der Waals surface area contributed by atoms with Crippen molar-refractivity contribution in [1.29, 1.82) is 0 Å². The van der Waals surface area contributed by atoms with Crippen LogP contribution in [0, 0.1) is 23.6 Å². The first-order valence-corrected chi connectivity index (χ1v) is 7.75. The number of esters is 1. The zero-order chi connectivity index (χ0) is 16.4. The summed E-state index contributed by atoms with van der Waals surface area (Å²) in [5.74, 6) is -0.619. The minimum Gasteiger partial charge on any atom is -0.469 e. The van der Waals surface area contributed by atoms with Gasteiger partial charge in [-0.05, 0) is 48.8 Å². The third-order valence-electron chi connectivity index (χ3n) is 4.85. The summed E-state index contributed by atoms with van der Waals surface area (Å²) in [4.78, 5) is 27.8. The molecule has 2 saturated carbocycles. The van der Waals surface area contributed by atoms with Crippen molar-refractivity contribution in [2.24, 2.45) is 17.8 Å². The number of fused-ring (bicyclic) bond motifs is 2. The fourth-order valence-electron chi connectivity index (χ4n) is 3.88. The molecular weight excluding hydrogens is 299 g/mol. The van der Waals surface area contributed by atoms with Gasteiger partial charge in [0.1, 0.15) is 5.82 Å². The van der Waals surface area contributed by atoms with Crippen LogP contribution in [0.1, 0.15) is 24.8 Å². The number of rotatable bonds is 4. The largest absolute Gasteiger partial charge is 0.469 e.